The summed E-state index contributed by atoms with van der Waals surface area (Å²) in [6.45, 7) is 7.95. The molecule has 0 unspecified atom stereocenters. The van der Waals surface area contributed by atoms with E-state index in [0.29, 0.717) is 18.1 Å². The van der Waals surface area contributed by atoms with Gasteiger partial charge in [-0.05, 0) is 25.5 Å². The van der Waals surface area contributed by atoms with Crippen LogP contribution in [0.1, 0.15) is 19.4 Å². The molecule has 0 aromatic heterocycles. The molecular weight excluding hydrogens is 274 g/mol. The Morgan fingerprint density at radius 1 is 1.45 bits per heavy atom. The van der Waals surface area contributed by atoms with Crippen molar-refractivity contribution in [3.63, 3.8) is 0 Å². The highest BCUT2D eigenvalue weighted by Gasteiger charge is 2.30. The van der Waals surface area contributed by atoms with Gasteiger partial charge in [0.2, 0.25) is 5.91 Å². The Morgan fingerprint density at radius 3 is 2.90 bits per heavy atom. The zero-order valence-corrected chi connectivity index (χ0v) is 12.8. The maximum Gasteiger partial charge on any atom is 0.234 e. The van der Waals surface area contributed by atoms with Crippen LogP contribution in [0, 0.1) is 0 Å². The standard InChI is InChI=1S/C15H22ClN3O/c1-15(2)11-17-7-8-19(15)10-14(20)18-9-12-5-3-4-6-13(12)16/h3-6,17H,7-11H2,1-2H3,(H,18,20). The molecule has 0 bridgehead atoms. The molecule has 0 spiro atoms. The molecule has 1 aliphatic rings. The third-order valence-electron chi connectivity index (χ3n) is 3.74. The minimum Gasteiger partial charge on any atom is -0.351 e. The number of halogens is 1. The van der Waals surface area contributed by atoms with Crippen molar-refractivity contribution >= 4 is 17.5 Å². The molecule has 0 saturated carbocycles. The molecule has 1 aliphatic heterocycles. The number of hydrogen-bond acceptors (Lipinski definition) is 3. The van der Waals surface area contributed by atoms with Gasteiger partial charge in [0.15, 0.2) is 0 Å². The summed E-state index contributed by atoms with van der Waals surface area (Å²) in [7, 11) is 0. The number of amides is 1. The average molecular weight is 296 g/mol. The normalized spacial score (nSPS) is 18.8. The summed E-state index contributed by atoms with van der Waals surface area (Å²) in [5, 5.41) is 6.98. The maximum absolute atomic E-state index is 12.1. The minimum atomic E-state index is 0.0139. The molecular formula is C15H22ClN3O. The van der Waals surface area contributed by atoms with E-state index < -0.39 is 0 Å². The van der Waals surface area contributed by atoms with E-state index in [9.17, 15) is 4.79 Å². The van der Waals surface area contributed by atoms with Gasteiger partial charge in [0.25, 0.3) is 0 Å². The number of carbonyl (C=O) groups excluding carboxylic acids is 1. The number of piperazine rings is 1. The summed E-state index contributed by atoms with van der Waals surface area (Å²) in [6, 6.07) is 7.57. The first-order valence-corrected chi connectivity index (χ1v) is 7.33. The van der Waals surface area contributed by atoms with Crippen LogP contribution in [0.25, 0.3) is 0 Å². The van der Waals surface area contributed by atoms with Crippen molar-refractivity contribution in [2.75, 3.05) is 26.2 Å². The fraction of sp³-hybridized carbons (Fsp3) is 0.533. The van der Waals surface area contributed by atoms with Gasteiger partial charge in [0.05, 0.1) is 6.54 Å². The van der Waals surface area contributed by atoms with E-state index in [4.69, 9.17) is 11.6 Å². The lowest BCUT2D eigenvalue weighted by Crippen LogP contribution is -2.59. The predicted octanol–water partition coefficient (Wildman–Crippen LogP) is 1.64. The van der Waals surface area contributed by atoms with Crippen molar-refractivity contribution in [1.29, 1.82) is 0 Å². The van der Waals surface area contributed by atoms with Crippen LogP contribution in [-0.4, -0.2) is 42.5 Å². The number of nitrogens with zero attached hydrogens (tertiary/aromatic N) is 1. The molecule has 110 valence electrons. The van der Waals surface area contributed by atoms with Gasteiger partial charge in [-0.2, -0.15) is 0 Å². The molecule has 0 atom stereocenters. The number of hydrogen-bond donors (Lipinski definition) is 2. The highest BCUT2D eigenvalue weighted by molar-refractivity contribution is 6.31. The quantitative estimate of drug-likeness (QED) is 0.888. The van der Waals surface area contributed by atoms with Crippen LogP contribution in [0.5, 0.6) is 0 Å². The summed E-state index contributed by atoms with van der Waals surface area (Å²) < 4.78 is 0. The van der Waals surface area contributed by atoms with Crippen LogP contribution in [0.2, 0.25) is 5.02 Å². The summed E-state index contributed by atoms with van der Waals surface area (Å²) in [4.78, 5) is 14.3. The predicted molar refractivity (Wildman–Crippen MR) is 81.8 cm³/mol. The van der Waals surface area contributed by atoms with Gasteiger partial charge in [0, 0.05) is 36.7 Å². The van der Waals surface area contributed by atoms with Crippen molar-refractivity contribution in [3.8, 4) is 0 Å². The molecule has 0 aliphatic carbocycles. The number of nitrogens with one attached hydrogen (secondary N) is 2. The van der Waals surface area contributed by atoms with E-state index in [1.165, 1.54) is 0 Å². The van der Waals surface area contributed by atoms with Gasteiger partial charge in [-0.1, -0.05) is 29.8 Å². The van der Waals surface area contributed by atoms with Gasteiger partial charge >= 0.3 is 0 Å². The van der Waals surface area contributed by atoms with Gasteiger partial charge < -0.3 is 10.6 Å². The Hall–Kier alpha value is -1.10. The Labute approximate surface area is 125 Å². The van der Waals surface area contributed by atoms with Crippen molar-refractivity contribution in [3.05, 3.63) is 34.9 Å². The number of rotatable bonds is 4. The second-order valence-corrected chi connectivity index (χ2v) is 6.19. The molecule has 2 rings (SSSR count). The number of carbonyl (C=O) groups is 1. The highest BCUT2D eigenvalue weighted by atomic mass is 35.5. The third kappa shape index (κ3) is 3.95. The zero-order valence-electron chi connectivity index (χ0n) is 12.1. The van der Waals surface area contributed by atoms with Crippen LogP contribution >= 0.6 is 11.6 Å². The second kappa shape index (κ2) is 6.57. The maximum atomic E-state index is 12.1. The summed E-state index contributed by atoms with van der Waals surface area (Å²) in [5.41, 5.74) is 0.960. The molecule has 5 heteroatoms. The number of benzene rings is 1. The SMILES string of the molecule is CC1(C)CNCCN1CC(=O)NCc1ccccc1Cl. The fourth-order valence-corrected chi connectivity index (χ4v) is 2.58. The van der Waals surface area contributed by atoms with Gasteiger partial charge in [-0.15, -0.1) is 0 Å². The highest BCUT2D eigenvalue weighted by Crippen LogP contribution is 2.16. The molecule has 1 amide bonds. The zero-order chi connectivity index (χ0) is 14.6. The molecule has 1 heterocycles. The van der Waals surface area contributed by atoms with Crippen LogP contribution in [0.4, 0.5) is 0 Å². The average Bonchev–Trinajstić information content (AvgIpc) is 2.40. The van der Waals surface area contributed by atoms with E-state index in [0.717, 1.165) is 25.2 Å². The first-order chi connectivity index (χ1) is 9.49. The largest absolute Gasteiger partial charge is 0.351 e. The first-order valence-electron chi connectivity index (χ1n) is 6.95. The van der Waals surface area contributed by atoms with E-state index in [-0.39, 0.29) is 11.4 Å². The van der Waals surface area contributed by atoms with Crippen LogP contribution in [0.3, 0.4) is 0 Å². The minimum absolute atomic E-state index is 0.0139. The van der Waals surface area contributed by atoms with Gasteiger partial charge in [-0.3, -0.25) is 9.69 Å². The van der Waals surface area contributed by atoms with Gasteiger partial charge in [0.1, 0.15) is 0 Å². The van der Waals surface area contributed by atoms with Crippen molar-refractivity contribution in [2.24, 2.45) is 0 Å². The molecule has 1 aromatic rings. The van der Waals surface area contributed by atoms with Crippen molar-refractivity contribution in [2.45, 2.75) is 25.9 Å². The Morgan fingerprint density at radius 2 is 2.20 bits per heavy atom. The molecule has 2 N–H and O–H groups in total. The molecule has 4 nitrogen and oxygen atoms in total. The summed E-state index contributed by atoms with van der Waals surface area (Å²) in [6.07, 6.45) is 0. The van der Waals surface area contributed by atoms with Crippen LogP contribution < -0.4 is 10.6 Å². The van der Waals surface area contributed by atoms with Crippen LogP contribution in [-0.2, 0) is 11.3 Å². The van der Waals surface area contributed by atoms with E-state index >= 15 is 0 Å². The lowest BCUT2D eigenvalue weighted by atomic mass is 10.0. The fourth-order valence-electron chi connectivity index (χ4n) is 2.38. The molecule has 1 saturated heterocycles. The smallest absolute Gasteiger partial charge is 0.234 e. The Bertz CT molecular complexity index is 476. The van der Waals surface area contributed by atoms with E-state index in [1.54, 1.807) is 0 Å². The monoisotopic (exact) mass is 295 g/mol. The van der Waals surface area contributed by atoms with E-state index in [2.05, 4.69) is 29.4 Å². The molecule has 1 aromatic carbocycles. The topological polar surface area (TPSA) is 44.4 Å². The summed E-state index contributed by atoms with van der Waals surface area (Å²) in [5.74, 6) is 0.0416. The summed E-state index contributed by atoms with van der Waals surface area (Å²) >= 11 is 6.07. The first kappa shape index (κ1) is 15.3. The Kier molecular flexibility index (Phi) is 5.02. The van der Waals surface area contributed by atoms with Crippen molar-refractivity contribution in [1.82, 2.24) is 15.5 Å². The Balaban J connectivity index is 1.85. The molecule has 20 heavy (non-hydrogen) atoms. The third-order valence-corrected chi connectivity index (χ3v) is 4.11. The molecule has 1 fully saturated rings. The lowest BCUT2D eigenvalue weighted by Gasteiger charge is -2.42. The van der Waals surface area contributed by atoms with Gasteiger partial charge in [-0.25, -0.2) is 0 Å². The second-order valence-electron chi connectivity index (χ2n) is 5.78. The molecule has 0 radical (unpaired) electrons. The lowest BCUT2D eigenvalue weighted by molar-refractivity contribution is -0.124. The van der Waals surface area contributed by atoms with E-state index in [1.807, 2.05) is 24.3 Å². The van der Waals surface area contributed by atoms with Crippen molar-refractivity contribution < 1.29 is 4.79 Å². The van der Waals surface area contributed by atoms with Crippen LogP contribution in [0.15, 0.2) is 24.3 Å².